The molecule has 0 atom stereocenters. The largest absolute Gasteiger partial charge is 0.378 e. The zero-order chi connectivity index (χ0) is 17.4. The van der Waals surface area contributed by atoms with Crippen LogP contribution in [-0.4, -0.2) is 78.0 Å². The molecular weight excluding hydrogens is 359 g/mol. The summed E-state index contributed by atoms with van der Waals surface area (Å²) in [5.74, 6) is 0. The standard InChI is InChI=1S/C17H25ClN4O2P/c1-14-17(22-13-15(18)3-4-16(22)19-14)25(2,20-5-9-23-10-6-20)21-7-11-24-12-8-21/h3-4,13H,5-12H2,1-2H3/q+1. The molecule has 136 valence electrons. The van der Waals surface area contributed by atoms with Crippen molar-refractivity contribution in [1.82, 2.24) is 18.7 Å². The van der Waals surface area contributed by atoms with E-state index in [1.807, 2.05) is 18.3 Å². The number of hydrogen-bond donors (Lipinski definition) is 0. The molecule has 2 fully saturated rings. The van der Waals surface area contributed by atoms with Crippen LogP contribution in [0.25, 0.3) is 5.65 Å². The Balaban J connectivity index is 1.88. The molecule has 4 rings (SSSR count). The predicted molar refractivity (Wildman–Crippen MR) is 102 cm³/mol. The molecule has 0 unspecified atom stereocenters. The average Bonchev–Trinajstić information content (AvgIpc) is 2.98. The summed E-state index contributed by atoms with van der Waals surface area (Å²) < 4.78 is 18.7. The molecule has 0 aliphatic carbocycles. The van der Waals surface area contributed by atoms with E-state index in [1.165, 1.54) is 5.44 Å². The molecule has 2 saturated heterocycles. The van der Waals surface area contributed by atoms with E-state index in [0.717, 1.165) is 69.0 Å². The number of imidazole rings is 1. The molecule has 6 nitrogen and oxygen atoms in total. The van der Waals surface area contributed by atoms with Crippen LogP contribution in [0.15, 0.2) is 18.3 Å². The van der Waals surface area contributed by atoms with Crippen molar-refractivity contribution in [3.63, 3.8) is 0 Å². The first-order chi connectivity index (χ1) is 12.1. The molecule has 2 aliphatic heterocycles. The van der Waals surface area contributed by atoms with Crippen LogP contribution >= 0.6 is 19.2 Å². The molecule has 0 spiro atoms. The van der Waals surface area contributed by atoms with E-state index in [0.29, 0.717) is 0 Å². The second-order valence-corrected chi connectivity index (χ2v) is 10.5. The van der Waals surface area contributed by atoms with Crippen molar-refractivity contribution >= 4 is 30.2 Å². The van der Waals surface area contributed by atoms with Crippen LogP contribution in [0.3, 0.4) is 0 Å². The number of aryl methyl sites for hydroxylation is 1. The van der Waals surface area contributed by atoms with E-state index < -0.39 is 7.56 Å². The van der Waals surface area contributed by atoms with Gasteiger partial charge in [-0.15, -0.1) is 0 Å². The monoisotopic (exact) mass is 383 g/mol. The van der Waals surface area contributed by atoms with E-state index in [4.69, 9.17) is 26.1 Å². The fourth-order valence-corrected chi connectivity index (χ4v) is 8.14. The predicted octanol–water partition coefficient (Wildman–Crippen LogP) is 2.06. The lowest BCUT2D eigenvalue weighted by atomic mass is 10.5. The fourth-order valence-electron chi connectivity index (χ4n) is 3.97. The third-order valence-corrected chi connectivity index (χ3v) is 9.77. The van der Waals surface area contributed by atoms with E-state index in [2.05, 4.69) is 27.3 Å². The van der Waals surface area contributed by atoms with Gasteiger partial charge in [0.15, 0.2) is 0 Å². The highest BCUT2D eigenvalue weighted by Gasteiger charge is 2.52. The van der Waals surface area contributed by atoms with Crippen molar-refractivity contribution in [2.75, 3.05) is 59.3 Å². The lowest BCUT2D eigenvalue weighted by Crippen LogP contribution is -2.50. The van der Waals surface area contributed by atoms with Gasteiger partial charge in [-0.05, 0) is 19.1 Å². The summed E-state index contributed by atoms with van der Waals surface area (Å²) in [6.45, 7) is 11.5. The van der Waals surface area contributed by atoms with Crippen LogP contribution in [0.2, 0.25) is 5.02 Å². The average molecular weight is 384 g/mol. The Morgan fingerprint density at radius 2 is 1.56 bits per heavy atom. The van der Waals surface area contributed by atoms with Gasteiger partial charge in [-0.25, -0.2) is 4.98 Å². The number of rotatable bonds is 3. The number of aromatic nitrogens is 2. The molecule has 8 heteroatoms. The van der Waals surface area contributed by atoms with Crippen LogP contribution in [-0.2, 0) is 9.47 Å². The molecule has 2 aromatic rings. The van der Waals surface area contributed by atoms with Crippen molar-refractivity contribution in [2.24, 2.45) is 0 Å². The SMILES string of the molecule is Cc1nc2ccc(Cl)cn2c1[P+](C)(N1CCOCC1)N1CCOCC1. The van der Waals surface area contributed by atoms with E-state index in [1.54, 1.807) is 0 Å². The Hall–Kier alpha value is -0.750. The van der Waals surface area contributed by atoms with E-state index >= 15 is 0 Å². The molecule has 0 aromatic carbocycles. The summed E-state index contributed by atoms with van der Waals surface area (Å²) in [7, 11) is -1.78. The number of nitrogens with zero attached hydrogens (tertiary/aromatic N) is 4. The first-order valence-corrected chi connectivity index (χ1v) is 11.3. The summed E-state index contributed by atoms with van der Waals surface area (Å²) >= 11 is 6.32. The first-order valence-electron chi connectivity index (χ1n) is 8.78. The van der Waals surface area contributed by atoms with Gasteiger partial charge in [0.2, 0.25) is 13.0 Å². The van der Waals surface area contributed by atoms with Gasteiger partial charge in [0.25, 0.3) is 0 Å². The highest BCUT2D eigenvalue weighted by atomic mass is 35.5. The molecule has 2 aliphatic rings. The zero-order valence-electron chi connectivity index (χ0n) is 14.8. The minimum atomic E-state index is -1.78. The number of morpholine rings is 2. The summed E-state index contributed by atoms with van der Waals surface area (Å²) in [4.78, 5) is 4.83. The third-order valence-electron chi connectivity index (χ3n) is 5.20. The van der Waals surface area contributed by atoms with Crippen LogP contribution in [0.1, 0.15) is 5.69 Å². The maximum absolute atomic E-state index is 6.32. The Labute approximate surface area is 154 Å². The molecule has 2 aromatic heterocycles. The third kappa shape index (κ3) is 3.09. The fraction of sp³-hybridized carbons (Fsp3) is 0.588. The maximum atomic E-state index is 6.32. The summed E-state index contributed by atoms with van der Waals surface area (Å²) in [6.07, 6.45) is 2.01. The molecule has 4 heterocycles. The number of pyridine rings is 1. The topological polar surface area (TPSA) is 42.2 Å². The smallest absolute Gasteiger partial charge is 0.226 e. The van der Waals surface area contributed by atoms with Crippen molar-refractivity contribution in [2.45, 2.75) is 6.92 Å². The van der Waals surface area contributed by atoms with E-state index in [9.17, 15) is 0 Å². The molecule has 0 amide bonds. The minimum Gasteiger partial charge on any atom is -0.378 e. The van der Waals surface area contributed by atoms with Gasteiger partial charge in [-0.3, -0.25) is 4.40 Å². The van der Waals surface area contributed by atoms with Crippen molar-refractivity contribution in [1.29, 1.82) is 0 Å². The summed E-state index contributed by atoms with van der Waals surface area (Å²) in [5.41, 5.74) is 3.36. The van der Waals surface area contributed by atoms with Gasteiger partial charge in [0.05, 0.1) is 64.3 Å². The van der Waals surface area contributed by atoms with Crippen molar-refractivity contribution < 1.29 is 9.47 Å². The van der Waals surface area contributed by atoms with Gasteiger partial charge in [-0.2, -0.15) is 9.34 Å². The molecular formula is C17H25ClN4O2P+. The number of fused-ring (bicyclic) bond motifs is 1. The zero-order valence-corrected chi connectivity index (χ0v) is 16.5. The Bertz CT molecular complexity index is 738. The highest BCUT2D eigenvalue weighted by molar-refractivity contribution is 7.77. The Kier molecular flexibility index (Phi) is 5.02. The molecule has 0 bridgehead atoms. The summed E-state index contributed by atoms with van der Waals surface area (Å²) in [6, 6.07) is 3.91. The van der Waals surface area contributed by atoms with E-state index in [-0.39, 0.29) is 0 Å². The second kappa shape index (κ2) is 7.10. The Morgan fingerprint density at radius 3 is 2.12 bits per heavy atom. The van der Waals surface area contributed by atoms with Gasteiger partial charge >= 0.3 is 0 Å². The molecule has 0 radical (unpaired) electrons. The second-order valence-electron chi connectivity index (χ2n) is 6.64. The lowest BCUT2D eigenvalue weighted by Gasteiger charge is -2.42. The van der Waals surface area contributed by atoms with Crippen LogP contribution < -0.4 is 5.44 Å². The number of hydrogen-bond acceptors (Lipinski definition) is 5. The lowest BCUT2D eigenvalue weighted by molar-refractivity contribution is 0.0569. The van der Waals surface area contributed by atoms with Gasteiger partial charge in [0.1, 0.15) is 11.3 Å². The highest BCUT2D eigenvalue weighted by Crippen LogP contribution is 2.61. The number of halogens is 1. The van der Waals surface area contributed by atoms with Crippen LogP contribution in [0.4, 0.5) is 0 Å². The summed E-state index contributed by atoms with van der Waals surface area (Å²) in [5, 5.41) is 0.738. The molecule has 25 heavy (non-hydrogen) atoms. The quantitative estimate of drug-likeness (QED) is 0.759. The normalized spacial score (nSPS) is 21.1. The minimum absolute atomic E-state index is 0.738. The first kappa shape index (κ1) is 17.7. The Morgan fingerprint density at radius 1 is 1.00 bits per heavy atom. The van der Waals surface area contributed by atoms with Crippen molar-refractivity contribution in [3.05, 3.63) is 29.0 Å². The maximum Gasteiger partial charge on any atom is 0.226 e. The van der Waals surface area contributed by atoms with Gasteiger partial charge in [-0.1, -0.05) is 11.6 Å². The molecule has 0 saturated carbocycles. The van der Waals surface area contributed by atoms with Crippen LogP contribution in [0, 0.1) is 6.92 Å². The van der Waals surface area contributed by atoms with Gasteiger partial charge < -0.3 is 9.47 Å². The van der Waals surface area contributed by atoms with Crippen molar-refractivity contribution in [3.8, 4) is 0 Å². The molecule has 0 N–H and O–H groups in total. The number of ether oxygens (including phenoxy) is 2. The van der Waals surface area contributed by atoms with Crippen LogP contribution in [0.5, 0.6) is 0 Å². The van der Waals surface area contributed by atoms with Gasteiger partial charge in [0, 0.05) is 6.20 Å².